The molecular weight excluding hydrogens is 356 g/mol. The van der Waals surface area contributed by atoms with Crippen molar-refractivity contribution in [3.8, 4) is 11.5 Å². The second kappa shape index (κ2) is 9.26. The average molecular weight is 382 g/mol. The zero-order valence-corrected chi connectivity index (χ0v) is 16.3. The Bertz CT molecular complexity index is 823. The van der Waals surface area contributed by atoms with Crippen LogP contribution in [0.4, 0.5) is 0 Å². The van der Waals surface area contributed by atoms with Crippen LogP contribution in [0.15, 0.2) is 48.5 Å². The molecule has 1 atom stereocenters. The summed E-state index contributed by atoms with van der Waals surface area (Å²) in [5, 5.41) is 2.95. The molecular formula is C22H26N2O4. The van der Waals surface area contributed by atoms with E-state index < -0.39 is 6.04 Å². The highest BCUT2D eigenvalue weighted by Gasteiger charge is 2.33. The van der Waals surface area contributed by atoms with Gasteiger partial charge in [0.25, 0.3) is 0 Å². The molecule has 0 bridgehead atoms. The van der Waals surface area contributed by atoms with Crippen molar-refractivity contribution < 1.29 is 19.1 Å². The van der Waals surface area contributed by atoms with Crippen LogP contribution in [0.5, 0.6) is 11.5 Å². The van der Waals surface area contributed by atoms with Gasteiger partial charge in [0.15, 0.2) is 0 Å². The number of hydrogen-bond acceptors (Lipinski definition) is 4. The third-order valence-electron chi connectivity index (χ3n) is 5.02. The van der Waals surface area contributed by atoms with Gasteiger partial charge < -0.3 is 19.7 Å². The smallest absolute Gasteiger partial charge is 0.243 e. The molecule has 1 aliphatic rings. The summed E-state index contributed by atoms with van der Waals surface area (Å²) in [6, 6.07) is 14.7. The fourth-order valence-corrected chi connectivity index (χ4v) is 3.51. The van der Waals surface area contributed by atoms with Crippen molar-refractivity contribution in [2.24, 2.45) is 0 Å². The van der Waals surface area contributed by atoms with Crippen LogP contribution in [0.1, 0.15) is 24.0 Å². The van der Waals surface area contributed by atoms with Crippen molar-refractivity contribution in [2.45, 2.75) is 31.8 Å². The fourth-order valence-electron chi connectivity index (χ4n) is 3.51. The van der Waals surface area contributed by atoms with Gasteiger partial charge in [0, 0.05) is 24.7 Å². The van der Waals surface area contributed by atoms with Gasteiger partial charge in [0.2, 0.25) is 11.8 Å². The first-order valence-corrected chi connectivity index (χ1v) is 9.44. The molecule has 0 spiro atoms. The Hall–Kier alpha value is -3.02. The fraction of sp³-hybridized carbons (Fsp3) is 0.364. The molecule has 0 aromatic heterocycles. The van der Waals surface area contributed by atoms with E-state index in [0.29, 0.717) is 37.4 Å². The zero-order chi connectivity index (χ0) is 19.9. The summed E-state index contributed by atoms with van der Waals surface area (Å²) in [5.41, 5.74) is 1.82. The number of benzene rings is 2. The molecule has 1 unspecified atom stereocenters. The molecule has 2 aromatic carbocycles. The van der Waals surface area contributed by atoms with Crippen molar-refractivity contribution in [3.05, 3.63) is 59.7 Å². The second-order valence-electron chi connectivity index (χ2n) is 6.80. The maximum absolute atomic E-state index is 12.7. The molecule has 0 aliphatic carbocycles. The first-order valence-electron chi connectivity index (χ1n) is 9.44. The molecule has 6 nitrogen and oxygen atoms in total. The summed E-state index contributed by atoms with van der Waals surface area (Å²) >= 11 is 0. The molecule has 6 heteroatoms. The van der Waals surface area contributed by atoms with Gasteiger partial charge in [-0.2, -0.15) is 0 Å². The monoisotopic (exact) mass is 382 g/mol. The highest BCUT2D eigenvalue weighted by molar-refractivity contribution is 5.89. The van der Waals surface area contributed by atoms with Gasteiger partial charge in [-0.1, -0.05) is 30.3 Å². The van der Waals surface area contributed by atoms with Crippen LogP contribution in [0.25, 0.3) is 0 Å². The van der Waals surface area contributed by atoms with Gasteiger partial charge in [-0.3, -0.25) is 9.59 Å². The SMILES string of the molecule is COc1ccc(CNC(=O)C2CCCN2C(=O)Cc2ccccc2)c(OC)c1. The normalized spacial score (nSPS) is 15.9. The number of amides is 2. The van der Waals surface area contributed by atoms with Gasteiger partial charge in [0.1, 0.15) is 17.5 Å². The third kappa shape index (κ3) is 4.63. The maximum Gasteiger partial charge on any atom is 0.243 e. The molecule has 1 fully saturated rings. The standard InChI is InChI=1S/C22H26N2O4/c1-27-18-11-10-17(20(14-18)28-2)15-23-22(26)19-9-6-12-24(19)21(25)13-16-7-4-3-5-8-16/h3-5,7-8,10-11,14,19H,6,9,12-13,15H2,1-2H3,(H,23,26). The lowest BCUT2D eigenvalue weighted by molar-refractivity contribution is -0.138. The minimum atomic E-state index is -0.416. The van der Waals surface area contributed by atoms with E-state index in [2.05, 4.69) is 5.32 Å². The van der Waals surface area contributed by atoms with Crippen LogP contribution in [0.3, 0.4) is 0 Å². The van der Waals surface area contributed by atoms with Gasteiger partial charge >= 0.3 is 0 Å². The molecule has 2 amide bonds. The van der Waals surface area contributed by atoms with Crippen molar-refractivity contribution in [2.75, 3.05) is 20.8 Å². The van der Waals surface area contributed by atoms with Crippen molar-refractivity contribution in [1.82, 2.24) is 10.2 Å². The molecule has 1 N–H and O–H groups in total. The Balaban J connectivity index is 1.61. The van der Waals surface area contributed by atoms with Crippen LogP contribution < -0.4 is 14.8 Å². The second-order valence-corrected chi connectivity index (χ2v) is 6.80. The minimum Gasteiger partial charge on any atom is -0.497 e. The number of ether oxygens (including phenoxy) is 2. The number of nitrogens with zero attached hydrogens (tertiary/aromatic N) is 1. The number of carbonyl (C=O) groups excluding carboxylic acids is 2. The van der Waals surface area contributed by atoms with E-state index in [4.69, 9.17) is 9.47 Å². The Labute approximate surface area is 165 Å². The molecule has 0 saturated carbocycles. The molecule has 1 aliphatic heterocycles. The van der Waals surface area contributed by atoms with Crippen LogP contribution in [-0.4, -0.2) is 43.5 Å². The lowest BCUT2D eigenvalue weighted by Crippen LogP contribution is -2.46. The quantitative estimate of drug-likeness (QED) is 0.799. The molecule has 1 saturated heterocycles. The summed E-state index contributed by atoms with van der Waals surface area (Å²) in [6.45, 7) is 0.957. The molecule has 28 heavy (non-hydrogen) atoms. The lowest BCUT2D eigenvalue weighted by atomic mass is 10.1. The topological polar surface area (TPSA) is 67.9 Å². The highest BCUT2D eigenvalue weighted by Crippen LogP contribution is 2.25. The summed E-state index contributed by atoms with van der Waals surface area (Å²) in [5.74, 6) is 1.21. The minimum absolute atomic E-state index is 0.00845. The first-order chi connectivity index (χ1) is 13.6. The van der Waals surface area contributed by atoms with Gasteiger partial charge in [-0.25, -0.2) is 0 Å². The van der Waals surface area contributed by atoms with Crippen molar-refractivity contribution in [3.63, 3.8) is 0 Å². The van der Waals surface area contributed by atoms with Crippen LogP contribution in [0.2, 0.25) is 0 Å². The summed E-state index contributed by atoms with van der Waals surface area (Å²) in [7, 11) is 3.18. The van der Waals surface area contributed by atoms with E-state index in [1.54, 1.807) is 25.2 Å². The van der Waals surface area contributed by atoms with E-state index in [1.807, 2.05) is 42.5 Å². The Morgan fingerprint density at radius 1 is 1.11 bits per heavy atom. The predicted octanol–water partition coefficient (Wildman–Crippen LogP) is 2.55. The number of nitrogens with one attached hydrogen (secondary N) is 1. The van der Waals surface area contributed by atoms with Crippen LogP contribution in [-0.2, 0) is 22.6 Å². The Morgan fingerprint density at radius 3 is 2.61 bits per heavy atom. The number of likely N-dealkylation sites (tertiary alicyclic amines) is 1. The summed E-state index contributed by atoms with van der Waals surface area (Å²) in [4.78, 5) is 27.1. The summed E-state index contributed by atoms with van der Waals surface area (Å²) < 4.78 is 10.6. The number of hydrogen-bond donors (Lipinski definition) is 1. The lowest BCUT2D eigenvalue weighted by Gasteiger charge is -2.24. The molecule has 3 rings (SSSR count). The first kappa shape index (κ1) is 19.7. The highest BCUT2D eigenvalue weighted by atomic mass is 16.5. The number of carbonyl (C=O) groups is 2. The van der Waals surface area contributed by atoms with Gasteiger partial charge in [-0.05, 0) is 30.5 Å². The number of rotatable bonds is 7. The average Bonchev–Trinajstić information content (AvgIpc) is 3.23. The van der Waals surface area contributed by atoms with E-state index in [1.165, 1.54) is 0 Å². The van der Waals surface area contributed by atoms with Crippen molar-refractivity contribution in [1.29, 1.82) is 0 Å². The summed E-state index contributed by atoms with van der Waals surface area (Å²) in [6.07, 6.45) is 1.84. The Morgan fingerprint density at radius 2 is 1.89 bits per heavy atom. The Kier molecular flexibility index (Phi) is 6.53. The van der Waals surface area contributed by atoms with Crippen molar-refractivity contribution >= 4 is 11.8 Å². The van der Waals surface area contributed by atoms with E-state index in [9.17, 15) is 9.59 Å². The van der Waals surface area contributed by atoms with E-state index in [-0.39, 0.29) is 11.8 Å². The van der Waals surface area contributed by atoms with Gasteiger partial charge in [-0.15, -0.1) is 0 Å². The predicted molar refractivity (Wildman–Crippen MR) is 106 cm³/mol. The van der Waals surface area contributed by atoms with Gasteiger partial charge in [0.05, 0.1) is 20.6 Å². The largest absolute Gasteiger partial charge is 0.497 e. The maximum atomic E-state index is 12.7. The van der Waals surface area contributed by atoms with Crippen LogP contribution >= 0.6 is 0 Å². The zero-order valence-electron chi connectivity index (χ0n) is 16.3. The third-order valence-corrected chi connectivity index (χ3v) is 5.02. The van der Waals surface area contributed by atoms with Crippen LogP contribution in [0, 0.1) is 0 Å². The molecule has 2 aromatic rings. The number of methoxy groups -OCH3 is 2. The molecule has 1 heterocycles. The van der Waals surface area contributed by atoms with E-state index >= 15 is 0 Å². The molecule has 0 radical (unpaired) electrons. The molecule has 148 valence electrons. The van der Waals surface area contributed by atoms with E-state index in [0.717, 1.165) is 17.5 Å².